The Kier molecular flexibility index (Phi) is 5.96. The molecule has 1 fully saturated rings. The van der Waals surface area contributed by atoms with Crippen LogP contribution in [0.1, 0.15) is 24.0 Å². The molecule has 1 saturated heterocycles. The predicted molar refractivity (Wildman–Crippen MR) is 113 cm³/mol. The number of nitrogens with one attached hydrogen (secondary N) is 2. The average Bonchev–Trinajstić information content (AvgIpc) is 2.66. The van der Waals surface area contributed by atoms with Crippen LogP contribution in [0.3, 0.4) is 0 Å². The van der Waals surface area contributed by atoms with Crippen molar-refractivity contribution in [1.82, 2.24) is 4.90 Å². The van der Waals surface area contributed by atoms with Gasteiger partial charge in [-0.15, -0.1) is 0 Å². The minimum Gasteiger partial charge on any atom is -0.506 e. The number of nitrogens with zero attached hydrogens (tertiary/aromatic N) is 1. The summed E-state index contributed by atoms with van der Waals surface area (Å²) in [5, 5.41) is 16.6. The highest BCUT2D eigenvalue weighted by Gasteiger charge is 2.26. The molecule has 0 radical (unpaired) electrons. The Morgan fingerprint density at radius 2 is 1.78 bits per heavy atom. The van der Waals surface area contributed by atoms with Gasteiger partial charge in [-0.05, 0) is 74.3 Å². The molecule has 1 heterocycles. The molecule has 3 N–H and O–H groups in total. The van der Waals surface area contributed by atoms with Gasteiger partial charge in [0.25, 0.3) is 0 Å². The average molecular weight is 384 g/mol. The van der Waals surface area contributed by atoms with Gasteiger partial charge in [0, 0.05) is 24.7 Å². The van der Waals surface area contributed by atoms with Crippen molar-refractivity contribution in [2.24, 2.45) is 5.92 Å². The van der Waals surface area contributed by atoms with Gasteiger partial charge in [-0.25, -0.2) is 0 Å². The van der Waals surface area contributed by atoms with Crippen molar-refractivity contribution in [2.45, 2.75) is 26.7 Å². The number of likely N-dealkylation sites (tertiary alicyclic amines) is 1. The lowest BCUT2D eigenvalue weighted by Crippen LogP contribution is -2.43. The maximum absolute atomic E-state index is 12.5. The molecule has 3 rings (SSSR count). The number of phenolic OH excluding ortho intramolecular Hbond substituents is 1. The maximum Gasteiger partial charge on any atom is 0.227 e. The van der Waals surface area contributed by atoms with Gasteiger partial charge >= 0.3 is 0 Å². The van der Waals surface area contributed by atoms with Crippen LogP contribution in [0, 0.1) is 19.8 Å². The molecule has 2 aromatic rings. The Hall–Kier alpha value is -2.60. The molecule has 0 saturated carbocycles. The number of rotatable bonds is 3. The Morgan fingerprint density at radius 3 is 2.44 bits per heavy atom. The van der Waals surface area contributed by atoms with E-state index >= 15 is 0 Å². The second-order valence-electron chi connectivity index (χ2n) is 7.00. The van der Waals surface area contributed by atoms with Gasteiger partial charge < -0.3 is 20.6 Å². The number of hydrogen-bond acceptors (Lipinski definition) is 3. The summed E-state index contributed by atoms with van der Waals surface area (Å²) in [5.41, 5.74) is 3.92. The highest BCUT2D eigenvalue weighted by Crippen LogP contribution is 2.25. The Bertz CT molecular complexity index is 845. The van der Waals surface area contributed by atoms with E-state index in [2.05, 4.69) is 41.5 Å². The van der Waals surface area contributed by atoms with Crippen molar-refractivity contribution in [3.63, 3.8) is 0 Å². The van der Waals surface area contributed by atoms with Crippen LogP contribution in [0.5, 0.6) is 5.75 Å². The number of piperidine rings is 1. The van der Waals surface area contributed by atoms with E-state index in [9.17, 15) is 9.90 Å². The Labute approximate surface area is 165 Å². The summed E-state index contributed by atoms with van der Waals surface area (Å²) < 4.78 is 0. The molecule has 1 amide bonds. The van der Waals surface area contributed by atoms with E-state index in [1.807, 2.05) is 6.07 Å². The minimum absolute atomic E-state index is 0.0517. The van der Waals surface area contributed by atoms with Crippen LogP contribution in [0.4, 0.5) is 11.4 Å². The van der Waals surface area contributed by atoms with Crippen molar-refractivity contribution in [1.29, 1.82) is 0 Å². The van der Waals surface area contributed by atoms with Crippen LogP contribution < -0.4 is 10.6 Å². The second-order valence-corrected chi connectivity index (χ2v) is 7.38. The third kappa shape index (κ3) is 4.77. The van der Waals surface area contributed by atoms with Gasteiger partial charge in [-0.1, -0.05) is 18.2 Å². The van der Waals surface area contributed by atoms with Gasteiger partial charge in [0.1, 0.15) is 5.75 Å². The molecule has 0 aromatic heterocycles. The quantitative estimate of drug-likeness (QED) is 0.551. The van der Waals surface area contributed by atoms with Crippen LogP contribution in [-0.2, 0) is 4.79 Å². The van der Waals surface area contributed by atoms with Crippen LogP contribution in [0.25, 0.3) is 0 Å². The number of aryl methyl sites for hydroxylation is 2. The molecule has 0 unspecified atom stereocenters. The molecule has 0 aliphatic carbocycles. The number of hydrogen-bond donors (Lipinski definition) is 3. The molecule has 1 aliphatic rings. The fourth-order valence-corrected chi connectivity index (χ4v) is 3.48. The summed E-state index contributed by atoms with van der Waals surface area (Å²) in [4.78, 5) is 14.6. The van der Waals surface area contributed by atoms with Gasteiger partial charge in [0.2, 0.25) is 5.91 Å². The van der Waals surface area contributed by atoms with Crippen LogP contribution >= 0.6 is 12.2 Å². The molecule has 2 aromatic carbocycles. The molecule has 1 aliphatic heterocycles. The monoisotopic (exact) mass is 383 g/mol. The summed E-state index contributed by atoms with van der Waals surface area (Å²) in [6.07, 6.45) is 1.46. The van der Waals surface area contributed by atoms with Gasteiger partial charge in [0.05, 0.1) is 5.69 Å². The third-order valence-corrected chi connectivity index (χ3v) is 5.43. The van der Waals surface area contributed by atoms with Crippen molar-refractivity contribution in [3.8, 4) is 5.75 Å². The van der Waals surface area contributed by atoms with Gasteiger partial charge in [-0.3, -0.25) is 4.79 Å². The Balaban J connectivity index is 1.52. The topological polar surface area (TPSA) is 64.6 Å². The third-order valence-electron chi connectivity index (χ3n) is 5.07. The zero-order valence-corrected chi connectivity index (χ0v) is 16.5. The fourth-order valence-electron chi connectivity index (χ4n) is 3.18. The standard InChI is InChI=1S/C21H25N3O2S/c1-14-7-8-17(13-15(14)2)22-21(27)24-11-9-16(10-12-24)20(26)23-18-5-3-4-6-19(18)25/h3-8,13,16,25H,9-12H2,1-2H3,(H,22,27)(H,23,26). The molecule has 0 spiro atoms. The van der Waals surface area contributed by atoms with Crippen LogP contribution in [-0.4, -0.2) is 34.1 Å². The highest BCUT2D eigenvalue weighted by molar-refractivity contribution is 7.80. The zero-order valence-electron chi connectivity index (χ0n) is 15.7. The molecular formula is C21H25N3O2S. The molecular weight excluding hydrogens is 358 g/mol. The molecule has 6 heteroatoms. The maximum atomic E-state index is 12.5. The molecule has 0 bridgehead atoms. The molecule has 142 valence electrons. The summed E-state index contributed by atoms with van der Waals surface area (Å²) in [7, 11) is 0. The van der Waals surface area contributed by atoms with Crippen molar-refractivity contribution in [3.05, 3.63) is 53.6 Å². The van der Waals surface area contributed by atoms with Gasteiger partial charge in [0.15, 0.2) is 5.11 Å². The van der Waals surface area contributed by atoms with Crippen LogP contribution in [0.15, 0.2) is 42.5 Å². The molecule has 0 atom stereocenters. The lowest BCUT2D eigenvalue weighted by Gasteiger charge is -2.33. The van der Waals surface area contributed by atoms with Crippen molar-refractivity contribution >= 4 is 34.6 Å². The largest absolute Gasteiger partial charge is 0.506 e. The summed E-state index contributed by atoms with van der Waals surface area (Å²) in [6.45, 7) is 5.63. The highest BCUT2D eigenvalue weighted by atomic mass is 32.1. The first kappa shape index (κ1) is 19.2. The summed E-state index contributed by atoms with van der Waals surface area (Å²) in [5.74, 6) is -0.0449. The van der Waals surface area contributed by atoms with Gasteiger partial charge in [-0.2, -0.15) is 0 Å². The predicted octanol–water partition coefficient (Wildman–Crippen LogP) is 4.06. The van der Waals surface area contributed by atoms with Crippen molar-refractivity contribution in [2.75, 3.05) is 23.7 Å². The van der Waals surface area contributed by atoms with Crippen molar-refractivity contribution < 1.29 is 9.90 Å². The number of anilines is 2. The van der Waals surface area contributed by atoms with Crippen LogP contribution in [0.2, 0.25) is 0 Å². The normalized spacial score (nSPS) is 14.7. The van der Waals surface area contributed by atoms with E-state index in [1.165, 1.54) is 11.1 Å². The second kappa shape index (κ2) is 8.39. The molecule has 5 nitrogen and oxygen atoms in total. The van der Waals surface area contributed by atoms with E-state index in [0.29, 0.717) is 10.8 Å². The first-order chi connectivity index (χ1) is 12.9. The number of para-hydroxylation sites is 2. The SMILES string of the molecule is Cc1ccc(NC(=S)N2CCC(C(=O)Nc3ccccc3O)CC2)cc1C. The lowest BCUT2D eigenvalue weighted by molar-refractivity contribution is -0.121. The van der Waals surface area contributed by atoms with E-state index in [4.69, 9.17) is 12.2 Å². The van der Waals surface area contributed by atoms with E-state index < -0.39 is 0 Å². The number of thiocarbonyl (C=S) groups is 1. The number of phenols is 1. The number of amides is 1. The van der Waals surface area contributed by atoms with E-state index in [1.54, 1.807) is 24.3 Å². The first-order valence-corrected chi connectivity index (χ1v) is 9.57. The number of aromatic hydroxyl groups is 1. The fraction of sp³-hybridized carbons (Fsp3) is 0.333. The number of benzene rings is 2. The molecule has 27 heavy (non-hydrogen) atoms. The smallest absolute Gasteiger partial charge is 0.227 e. The summed E-state index contributed by atoms with van der Waals surface area (Å²) >= 11 is 5.54. The number of carbonyl (C=O) groups is 1. The van der Waals surface area contributed by atoms with E-state index in [-0.39, 0.29) is 17.6 Å². The summed E-state index contributed by atoms with van der Waals surface area (Å²) in [6, 6.07) is 13.0. The van der Waals surface area contributed by atoms with E-state index in [0.717, 1.165) is 31.6 Å². The lowest BCUT2D eigenvalue weighted by atomic mass is 9.96. The number of carbonyl (C=O) groups excluding carboxylic acids is 1. The zero-order chi connectivity index (χ0) is 19.4. The Morgan fingerprint density at radius 1 is 1.07 bits per heavy atom. The minimum atomic E-state index is -0.0784. The first-order valence-electron chi connectivity index (χ1n) is 9.16.